The molecule has 1 aromatic rings. The van der Waals surface area contributed by atoms with E-state index in [2.05, 4.69) is 19.9 Å². The van der Waals surface area contributed by atoms with E-state index in [1.807, 2.05) is 21.7 Å². The van der Waals surface area contributed by atoms with E-state index in [0.717, 1.165) is 25.9 Å². The molecule has 1 amide bonds. The first kappa shape index (κ1) is 15.2. The number of likely N-dealkylation sites (tertiary alicyclic amines) is 1. The molecule has 18 heavy (non-hydrogen) atoms. The van der Waals surface area contributed by atoms with E-state index in [-0.39, 0.29) is 22.9 Å². The lowest BCUT2D eigenvalue weighted by atomic mass is 10.1. The van der Waals surface area contributed by atoms with E-state index in [9.17, 15) is 4.79 Å². The number of carbonyl (C=O) groups excluding carboxylic acids is 1. The standard InChI is InChI=1S/C14H21N2O.BrH/c1-12-7-6-10-16(13(12)2)11-14(17)15-8-4-3-5-9-15;/h6-7,10H,3-5,8-9,11H2,1-2H3;1H/q+1;/p-1. The van der Waals surface area contributed by atoms with Crippen molar-refractivity contribution in [1.29, 1.82) is 0 Å². The van der Waals surface area contributed by atoms with Crippen LogP contribution in [0.1, 0.15) is 30.5 Å². The molecule has 0 unspecified atom stereocenters. The smallest absolute Gasteiger partial charge is 0.288 e. The van der Waals surface area contributed by atoms with E-state index in [1.165, 1.54) is 17.7 Å². The third kappa shape index (κ3) is 3.55. The van der Waals surface area contributed by atoms with Gasteiger partial charge in [-0.05, 0) is 32.3 Å². The molecule has 0 N–H and O–H groups in total. The van der Waals surface area contributed by atoms with Crippen molar-refractivity contribution in [3.63, 3.8) is 0 Å². The highest BCUT2D eigenvalue weighted by Gasteiger charge is 2.21. The van der Waals surface area contributed by atoms with E-state index in [1.54, 1.807) is 0 Å². The van der Waals surface area contributed by atoms with Gasteiger partial charge >= 0.3 is 0 Å². The second-order valence-corrected chi connectivity index (χ2v) is 4.85. The molecular formula is C14H21BrN2O. The first-order valence-corrected chi connectivity index (χ1v) is 6.42. The number of pyridine rings is 1. The molecule has 0 saturated carbocycles. The Balaban J connectivity index is 0.00000162. The van der Waals surface area contributed by atoms with Gasteiger partial charge in [0.2, 0.25) is 6.54 Å². The topological polar surface area (TPSA) is 24.2 Å². The van der Waals surface area contributed by atoms with Gasteiger partial charge in [-0.2, -0.15) is 4.57 Å². The SMILES string of the molecule is Cc1ccc[n+](CC(=O)N2CCCCC2)c1C.[Br-]. The molecule has 4 heteroatoms. The number of hydrogen-bond acceptors (Lipinski definition) is 1. The number of piperidine rings is 1. The van der Waals surface area contributed by atoms with Gasteiger partial charge in [0.25, 0.3) is 5.91 Å². The van der Waals surface area contributed by atoms with Gasteiger partial charge in [0, 0.05) is 31.6 Å². The van der Waals surface area contributed by atoms with Gasteiger partial charge in [-0.25, -0.2) is 0 Å². The summed E-state index contributed by atoms with van der Waals surface area (Å²) in [5.41, 5.74) is 2.41. The maximum Gasteiger partial charge on any atom is 0.288 e. The number of aromatic nitrogens is 1. The maximum absolute atomic E-state index is 12.1. The van der Waals surface area contributed by atoms with Crippen molar-refractivity contribution < 1.29 is 26.3 Å². The van der Waals surface area contributed by atoms with Gasteiger partial charge in [0.15, 0.2) is 11.9 Å². The number of nitrogens with zero attached hydrogens (tertiary/aromatic N) is 2. The van der Waals surface area contributed by atoms with Crippen LogP contribution in [0, 0.1) is 13.8 Å². The van der Waals surface area contributed by atoms with Gasteiger partial charge < -0.3 is 21.9 Å². The van der Waals surface area contributed by atoms with Crippen LogP contribution in [-0.2, 0) is 11.3 Å². The Bertz CT molecular complexity index is 414. The monoisotopic (exact) mass is 312 g/mol. The van der Waals surface area contributed by atoms with Crippen molar-refractivity contribution in [2.24, 2.45) is 0 Å². The first-order chi connectivity index (χ1) is 8.18. The molecule has 0 atom stereocenters. The van der Waals surface area contributed by atoms with Crippen LogP contribution in [-0.4, -0.2) is 23.9 Å². The van der Waals surface area contributed by atoms with Gasteiger partial charge in [0.05, 0.1) is 0 Å². The van der Waals surface area contributed by atoms with Crippen LogP contribution in [0.2, 0.25) is 0 Å². The molecule has 0 spiro atoms. The largest absolute Gasteiger partial charge is 1.00 e. The van der Waals surface area contributed by atoms with Crippen molar-refractivity contribution in [2.45, 2.75) is 39.7 Å². The molecule has 0 aliphatic carbocycles. The first-order valence-electron chi connectivity index (χ1n) is 6.42. The Morgan fingerprint density at radius 2 is 1.94 bits per heavy atom. The van der Waals surface area contributed by atoms with Crippen LogP contribution in [0.5, 0.6) is 0 Å². The zero-order valence-electron chi connectivity index (χ0n) is 11.2. The van der Waals surface area contributed by atoms with E-state index < -0.39 is 0 Å². The van der Waals surface area contributed by atoms with Crippen LogP contribution in [0.15, 0.2) is 18.3 Å². The van der Waals surface area contributed by atoms with Crippen LogP contribution >= 0.6 is 0 Å². The van der Waals surface area contributed by atoms with Crippen molar-refractivity contribution in [3.05, 3.63) is 29.6 Å². The maximum atomic E-state index is 12.1. The summed E-state index contributed by atoms with van der Waals surface area (Å²) >= 11 is 0. The molecule has 1 aliphatic rings. The molecule has 100 valence electrons. The summed E-state index contributed by atoms with van der Waals surface area (Å²) in [6.45, 7) is 6.50. The Morgan fingerprint density at radius 3 is 2.61 bits per heavy atom. The van der Waals surface area contributed by atoms with Gasteiger partial charge in [-0.15, -0.1) is 0 Å². The van der Waals surface area contributed by atoms with Crippen molar-refractivity contribution in [3.8, 4) is 0 Å². The highest BCUT2D eigenvalue weighted by atomic mass is 79.9. The highest BCUT2D eigenvalue weighted by Crippen LogP contribution is 2.08. The molecule has 0 bridgehead atoms. The summed E-state index contributed by atoms with van der Waals surface area (Å²) < 4.78 is 2.05. The minimum Gasteiger partial charge on any atom is -1.00 e. The lowest BCUT2D eigenvalue weighted by Crippen LogP contribution is -3.00. The van der Waals surface area contributed by atoms with Crippen molar-refractivity contribution in [2.75, 3.05) is 13.1 Å². The summed E-state index contributed by atoms with van der Waals surface area (Å²) in [6.07, 6.45) is 5.57. The van der Waals surface area contributed by atoms with Gasteiger partial charge in [-0.1, -0.05) is 0 Å². The van der Waals surface area contributed by atoms with Gasteiger partial charge in [0.1, 0.15) is 0 Å². The Labute approximate surface area is 120 Å². The Morgan fingerprint density at radius 1 is 1.28 bits per heavy atom. The lowest BCUT2D eigenvalue weighted by Gasteiger charge is -2.25. The molecule has 0 aromatic carbocycles. The Hall–Kier alpha value is -0.900. The van der Waals surface area contributed by atoms with Crippen LogP contribution in [0.4, 0.5) is 0 Å². The zero-order valence-corrected chi connectivity index (χ0v) is 12.7. The fraction of sp³-hybridized carbons (Fsp3) is 0.571. The summed E-state index contributed by atoms with van der Waals surface area (Å²) in [6, 6.07) is 4.09. The molecule has 0 radical (unpaired) electrons. The fourth-order valence-electron chi connectivity index (χ4n) is 2.31. The number of rotatable bonds is 2. The molecule has 3 nitrogen and oxygen atoms in total. The fourth-order valence-corrected chi connectivity index (χ4v) is 2.31. The molecule has 1 fully saturated rings. The Kier molecular flexibility index (Phi) is 5.79. The molecular weight excluding hydrogens is 292 g/mol. The van der Waals surface area contributed by atoms with E-state index >= 15 is 0 Å². The number of carbonyl (C=O) groups is 1. The predicted octanol–water partition coefficient (Wildman–Crippen LogP) is -1.39. The zero-order chi connectivity index (χ0) is 12.3. The third-order valence-electron chi connectivity index (χ3n) is 3.63. The van der Waals surface area contributed by atoms with Gasteiger partial charge in [-0.3, -0.25) is 4.79 Å². The summed E-state index contributed by atoms with van der Waals surface area (Å²) in [5.74, 6) is 0.253. The highest BCUT2D eigenvalue weighted by molar-refractivity contribution is 5.74. The minimum atomic E-state index is 0. The number of amides is 1. The molecule has 2 heterocycles. The van der Waals surface area contributed by atoms with Crippen LogP contribution in [0.3, 0.4) is 0 Å². The summed E-state index contributed by atoms with van der Waals surface area (Å²) in [4.78, 5) is 14.1. The van der Waals surface area contributed by atoms with Crippen molar-refractivity contribution >= 4 is 5.91 Å². The molecule has 1 saturated heterocycles. The molecule has 2 rings (SSSR count). The van der Waals surface area contributed by atoms with Crippen LogP contribution in [0.25, 0.3) is 0 Å². The average Bonchev–Trinajstić information content (AvgIpc) is 2.36. The summed E-state index contributed by atoms with van der Waals surface area (Å²) in [5, 5.41) is 0. The minimum absolute atomic E-state index is 0. The number of hydrogen-bond donors (Lipinski definition) is 0. The second-order valence-electron chi connectivity index (χ2n) is 4.85. The van der Waals surface area contributed by atoms with E-state index in [4.69, 9.17) is 0 Å². The number of aryl methyl sites for hydroxylation is 1. The predicted molar refractivity (Wildman–Crippen MR) is 66.5 cm³/mol. The third-order valence-corrected chi connectivity index (χ3v) is 3.63. The quantitative estimate of drug-likeness (QED) is 0.617. The lowest BCUT2D eigenvalue weighted by molar-refractivity contribution is -0.691. The summed E-state index contributed by atoms with van der Waals surface area (Å²) in [7, 11) is 0. The van der Waals surface area contributed by atoms with E-state index in [0.29, 0.717) is 6.54 Å². The normalized spacial score (nSPS) is 15.1. The second kappa shape index (κ2) is 6.88. The molecule has 1 aromatic heterocycles. The van der Waals surface area contributed by atoms with Crippen molar-refractivity contribution in [1.82, 2.24) is 4.90 Å². The number of halogens is 1. The molecule has 1 aliphatic heterocycles. The average molecular weight is 313 g/mol. The van der Waals surface area contributed by atoms with Crippen LogP contribution < -0.4 is 21.5 Å².